The fourth-order valence-corrected chi connectivity index (χ4v) is 4.81. The van der Waals surface area contributed by atoms with Crippen LogP contribution in [-0.4, -0.2) is 32.2 Å². The first-order valence-electron chi connectivity index (χ1n) is 13.1. The number of nitrogens with zero attached hydrogens (tertiary/aromatic N) is 3. The number of pyridine rings is 1. The second-order valence-electron chi connectivity index (χ2n) is 9.92. The number of ether oxygens (including phenoxy) is 1. The van der Waals surface area contributed by atoms with E-state index in [4.69, 9.17) is 4.74 Å². The Bertz CT molecular complexity index is 1920. The third kappa shape index (κ3) is 4.92. The van der Waals surface area contributed by atoms with Crippen LogP contribution in [0.25, 0.3) is 16.6 Å². The van der Waals surface area contributed by atoms with Crippen LogP contribution in [0.15, 0.2) is 56.8 Å². The Kier molecular flexibility index (Phi) is 7.08. The lowest BCUT2D eigenvalue weighted by Crippen LogP contribution is -2.41. The van der Waals surface area contributed by atoms with E-state index in [-0.39, 0.29) is 52.0 Å². The molecule has 1 aliphatic carbocycles. The summed E-state index contributed by atoms with van der Waals surface area (Å²) in [6.07, 6.45) is 1.24. The van der Waals surface area contributed by atoms with E-state index in [0.29, 0.717) is 18.4 Å². The molecule has 0 bridgehead atoms. The number of aromatic nitrogens is 3. The van der Waals surface area contributed by atoms with Gasteiger partial charge in [0.15, 0.2) is 0 Å². The minimum Gasteiger partial charge on any atom is -0.459 e. The molecule has 2 aromatic heterocycles. The highest BCUT2D eigenvalue weighted by molar-refractivity contribution is 6.37. The van der Waals surface area contributed by atoms with E-state index >= 15 is 0 Å². The van der Waals surface area contributed by atoms with Gasteiger partial charge in [-0.1, -0.05) is 12.1 Å². The molecule has 0 spiro atoms. The van der Waals surface area contributed by atoms with Crippen LogP contribution in [-0.2, 0) is 21.4 Å². The lowest BCUT2D eigenvalue weighted by atomic mass is 10.1. The first kappa shape index (κ1) is 27.6. The summed E-state index contributed by atoms with van der Waals surface area (Å²) >= 11 is 0. The van der Waals surface area contributed by atoms with Crippen molar-refractivity contribution in [2.45, 2.75) is 39.7 Å². The molecule has 0 atom stereocenters. The monoisotopic (exact) mass is 561 g/mol. The second-order valence-corrected chi connectivity index (χ2v) is 9.92. The Hall–Kier alpha value is -5.00. The zero-order chi connectivity index (χ0) is 29.6. The maximum absolute atomic E-state index is 14.9. The van der Waals surface area contributed by atoms with Crippen LogP contribution in [0.3, 0.4) is 0 Å². The van der Waals surface area contributed by atoms with Crippen LogP contribution in [0.4, 0.5) is 21.6 Å². The lowest BCUT2D eigenvalue weighted by Gasteiger charge is -2.21. The number of rotatable bonds is 6. The fourth-order valence-electron chi connectivity index (χ4n) is 4.81. The van der Waals surface area contributed by atoms with Gasteiger partial charge in [-0.3, -0.25) is 28.1 Å². The first-order valence-corrected chi connectivity index (χ1v) is 13.1. The van der Waals surface area contributed by atoms with Gasteiger partial charge in [0.2, 0.25) is 0 Å². The number of carbonyl (C=O) groups excluding carboxylic acids is 2. The zero-order valence-electron chi connectivity index (χ0n) is 22.9. The zero-order valence-corrected chi connectivity index (χ0v) is 22.9. The van der Waals surface area contributed by atoms with E-state index in [1.54, 1.807) is 32.0 Å². The summed E-state index contributed by atoms with van der Waals surface area (Å²) in [5.74, 6) is -2.62. The molecular weight excluding hydrogens is 533 g/mol. The molecule has 2 N–H and O–H groups in total. The van der Waals surface area contributed by atoms with Crippen LogP contribution >= 0.6 is 0 Å². The van der Waals surface area contributed by atoms with Crippen molar-refractivity contribution in [1.29, 1.82) is 0 Å². The lowest BCUT2D eigenvalue weighted by molar-refractivity contribution is -0.152. The third-order valence-electron chi connectivity index (χ3n) is 6.96. The van der Waals surface area contributed by atoms with E-state index in [2.05, 4.69) is 10.6 Å². The van der Waals surface area contributed by atoms with Crippen molar-refractivity contribution in [2.75, 3.05) is 17.2 Å². The molecule has 4 aromatic rings. The minimum atomic E-state index is -1.07. The first-order chi connectivity index (χ1) is 19.5. The van der Waals surface area contributed by atoms with E-state index < -0.39 is 34.5 Å². The smallest absolute Gasteiger partial charge is 0.397 e. The maximum Gasteiger partial charge on any atom is 0.397 e. The van der Waals surface area contributed by atoms with Gasteiger partial charge in [-0.25, -0.2) is 14.0 Å². The molecule has 1 amide bonds. The molecule has 0 radical (unpaired) electrons. The van der Waals surface area contributed by atoms with Crippen molar-refractivity contribution < 1.29 is 18.7 Å². The van der Waals surface area contributed by atoms with Crippen LogP contribution in [0.5, 0.6) is 0 Å². The average Bonchev–Trinajstić information content (AvgIpc) is 3.76. The Morgan fingerprint density at radius 2 is 1.78 bits per heavy atom. The predicted octanol–water partition coefficient (Wildman–Crippen LogP) is 3.19. The van der Waals surface area contributed by atoms with Crippen LogP contribution < -0.4 is 27.4 Å². The van der Waals surface area contributed by atoms with Gasteiger partial charge in [-0.15, -0.1) is 0 Å². The average molecular weight is 562 g/mol. The van der Waals surface area contributed by atoms with Crippen molar-refractivity contribution in [1.82, 2.24) is 13.7 Å². The molecule has 1 saturated carbocycles. The normalized spacial score (nSPS) is 12.8. The number of halogens is 1. The fraction of sp³-hybridized carbons (Fsp3) is 0.276. The highest BCUT2D eigenvalue weighted by Crippen LogP contribution is 2.34. The molecule has 12 heteroatoms. The number of fused-ring (bicyclic) bond motifs is 1. The quantitative estimate of drug-likeness (QED) is 0.273. The van der Waals surface area contributed by atoms with E-state index in [9.17, 15) is 28.4 Å². The van der Waals surface area contributed by atoms with Crippen molar-refractivity contribution in [2.24, 2.45) is 7.05 Å². The maximum atomic E-state index is 14.9. The van der Waals surface area contributed by atoms with Crippen molar-refractivity contribution in [3.63, 3.8) is 0 Å². The third-order valence-corrected chi connectivity index (χ3v) is 6.96. The molecule has 41 heavy (non-hydrogen) atoms. The van der Waals surface area contributed by atoms with Crippen LogP contribution in [0.2, 0.25) is 0 Å². The number of esters is 1. The number of hydrogen-bond donors (Lipinski definition) is 2. The number of carbonyl (C=O) groups is 2. The highest BCUT2D eigenvalue weighted by atomic mass is 19.1. The van der Waals surface area contributed by atoms with Crippen molar-refractivity contribution >= 4 is 40.0 Å². The molecule has 0 saturated heterocycles. The number of nitrogens with one attached hydrogen (secondary N) is 2. The number of aryl methyl sites for hydroxylation is 2. The Morgan fingerprint density at radius 1 is 1.05 bits per heavy atom. The Labute approximate surface area is 232 Å². The summed E-state index contributed by atoms with van der Waals surface area (Å²) in [7, 11) is 1.46. The topological polar surface area (TPSA) is 133 Å². The summed E-state index contributed by atoms with van der Waals surface area (Å²) in [6, 6.07) is 10.3. The molecule has 1 aliphatic rings. The number of hydrogen-bond acceptors (Lipinski definition) is 7. The summed E-state index contributed by atoms with van der Waals surface area (Å²) in [6.45, 7) is 4.83. The van der Waals surface area contributed by atoms with Crippen molar-refractivity contribution in [3.05, 3.63) is 90.6 Å². The standard InChI is InChI=1S/C29H28FN5O6/c1-5-41-28(39)25(36)31-17-7-6-8-19(14-17)34-23-16(3)26(37)33(4)24(32-21-12-9-15(2)13-20(21)30)22(23)27(38)35(29(34)40)18-10-11-18/h6-9,12-14,18,32H,5,10-11H2,1-4H3,(H,31,36). The Balaban J connectivity index is 1.80. The number of amides is 1. The van der Waals surface area contributed by atoms with E-state index in [1.165, 1.54) is 47.4 Å². The molecule has 212 valence electrons. The van der Waals surface area contributed by atoms with E-state index in [1.807, 2.05) is 0 Å². The van der Waals surface area contributed by atoms with Gasteiger partial charge in [0, 0.05) is 24.3 Å². The molecular formula is C29H28FN5O6. The largest absolute Gasteiger partial charge is 0.459 e. The van der Waals surface area contributed by atoms with Crippen LogP contribution in [0.1, 0.15) is 36.9 Å². The predicted molar refractivity (Wildman–Crippen MR) is 152 cm³/mol. The number of anilines is 3. The second kappa shape index (κ2) is 10.5. The van der Waals surface area contributed by atoms with Gasteiger partial charge in [0.25, 0.3) is 11.1 Å². The van der Waals surface area contributed by atoms with Crippen LogP contribution in [0, 0.1) is 19.7 Å². The summed E-state index contributed by atoms with van der Waals surface area (Å²) in [5.41, 5.74) is -0.446. The van der Waals surface area contributed by atoms with Gasteiger partial charge in [-0.2, -0.15) is 0 Å². The molecule has 1 fully saturated rings. The van der Waals surface area contributed by atoms with Gasteiger partial charge in [0.05, 0.1) is 23.5 Å². The summed E-state index contributed by atoms with van der Waals surface area (Å²) < 4.78 is 23.2. The molecule has 2 heterocycles. The number of benzene rings is 2. The molecule has 5 rings (SSSR count). The van der Waals surface area contributed by atoms with E-state index in [0.717, 1.165) is 4.57 Å². The van der Waals surface area contributed by atoms with Gasteiger partial charge < -0.3 is 15.4 Å². The van der Waals surface area contributed by atoms with Crippen molar-refractivity contribution in [3.8, 4) is 5.69 Å². The molecule has 0 aliphatic heterocycles. The Morgan fingerprint density at radius 3 is 2.44 bits per heavy atom. The van der Waals surface area contributed by atoms with Gasteiger partial charge >= 0.3 is 17.6 Å². The summed E-state index contributed by atoms with van der Waals surface area (Å²) in [5, 5.41) is 5.38. The summed E-state index contributed by atoms with van der Waals surface area (Å²) in [4.78, 5) is 65.3. The molecule has 0 unspecified atom stereocenters. The SMILES string of the molecule is CCOC(=O)C(=O)Nc1cccc(-n2c(=O)n(C3CC3)c(=O)c3c(Nc4ccc(C)cc4F)n(C)c(=O)c(C)c32)c1. The molecule has 2 aromatic carbocycles. The highest BCUT2D eigenvalue weighted by Gasteiger charge is 2.31. The minimum absolute atomic E-state index is 0.0213. The van der Waals surface area contributed by atoms with Gasteiger partial charge in [0.1, 0.15) is 17.0 Å². The molecule has 11 nitrogen and oxygen atoms in total. The van der Waals surface area contributed by atoms with Gasteiger partial charge in [-0.05, 0) is 69.5 Å².